The molecular weight excluding hydrogens is 332 g/mol. The van der Waals surface area contributed by atoms with Gasteiger partial charge in [0.25, 0.3) is 5.91 Å². The molecule has 0 saturated heterocycles. The van der Waals surface area contributed by atoms with E-state index in [0.717, 1.165) is 0 Å². The number of carbonyl (C=O) groups is 2. The standard InChI is InChI=1S/C17H17ClN2O4/c1-3-23-14-7-5-4-6-13(14)20-16(21)11(2)24-17(22)12-8-9-19-15(18)10-12/h4-11H,3H2,1-2H3,(H,20,21). The fraction of sp³-hybridized carbons (Fsp3) is 0.235. The monoisotopic (exact) mass is 348 g/mol. The number of carbonyl (C=O) groups excluding carboxylic acids is 2. The first-order valence-corrected chi connectivity index (χ1v) is 7.74. The number of para-hydroxylation sites is 2. The average Bonchev–Trinajstić information content (AvgIpc) is 2.56. The van der Waals surface area contributed by atoms with Gasteiger partial charge in [-0.1, -0.05) is 23.7 Å². The van der Waals surface area contributed by atoms with Gasteiger partial charge < -0.3 is 14.8 Å². The van der Waals surface area contributed by atoms with E-state index < -0.39 is 18.0 Å². The fourth-order valence-corrected chi connectivity index (χ4v) is 2.07. The summed E-state index contributed by atoms with van der Waals surface area (Å²) >= 11 is 5.73. The molecule has 0 aliphatic heterocycles. The van der Waals surface area contributed by atoms with Crippen LogP contribution in [0.15, 0.2) is 42.6 Å². The Morgan fingerprint density at radius 3 is 2.75 bits per heavy atom. The Bertz CT molecular complexity index is 736. The number of rotatable bonds is 6. The van der Waals surface area contributed by atoms with Crippen molar-refractivity contribution in [1.82, 2.24) is 4.98 Å². The maximum absolute atomic E-state index is 12.2. The van der Waals surface area contributed by atoms with Crippen molar-refractivity contribution in [3.8, 4) is 5.75 Å². The molecule has 126 valence electrons. The fourth-order valence-electron chi connectivity index (χ4n) is 1.90. The first-order chi connectivity index (χ1) is 11.5. The molecule has 6 nitrogen and oxygen atoms in total. The van der Waals surface area contributed by atoms with E-state index in [9.17, 15) is 9.59 Å². The molecule has 0 fully saturated rings. The zero-order valence-electron chi connectivity index (χ0n) is 13.3. The van der Waals surface area contributed by atoms with Crippen LogP contribution in [0.5, 0.6) is 5.75 Å². The number of hydrogen-bond donors (Lipinski definition) is 1. The van der Waals surface area contributed by atoms with Gasteiger partial charge in [0.05, 0.1) is 17.9 Å². The third kappa shape index (κ3) is 4.70. The lowest BCUT2D eigenvalue weighted by Gasteiger charge is -2.15. The van der Waals surface area contributed by atoms with Crippen LogP contribution in [0.2, 0.25) is 5.15 Å². The van der Waals surface area contributed by atoms with E-state index in [-0.39, 0.29) is 10.7 Å². The highest BCUT2D eigenvalue weighted by Crippen LogP contribution is 2.24. The zero-order valence-corrected chi connectivity index (χ0v) is 14.0. The van der Waals surface area contributed by atoms with Crippen molar-refractivity contribution in [2.75, 3.05) is 11.9 Å². The maximum atomic E-state index is 12.2. The van der Waals surface area contributed by atoms with Crippen LogP contribution in [0.3, 0.4) is 0 Å². The Balaban J connectivity index is 2.01. The van der Waals surface area contributed by atoms with Gasteiger partial charge in [-0.3, -0.25) is 4.79 Å². The lowest BCUT2D eigenvalue weighted by Crippen LogP contribution is -2.30. The van der Waals surface area contributed by atoms with Crippen molar-refractivity contribution in [2.45, 2.75) is 20.0 Å². The molecule has 0 aliphatic rings. The Hall–Kier alpha value is -2.60. The van der Waals surface area contributed by atoms with Crippen LogP contribution in [0.1, 0.15) is 24.2 Å². The predicted octanol–water partition coefficient (Wildman–Crippen LogP) is 3.32. The molecule has 0 saturated carbocycles. The van der Waals surface area contributed by atoms with Crippen LogP contribution < -0.4 is 10.1 Å². The van der Waals surface area contributed by atoms with Crippen LogP contribution in [-0.2, 0) is 9.53 Å². The summed E-state index contributed by atoms with van der Waals surface area (Å²) in [5.41, 5.74) is 0.739. The number of benzene rings is 1. The largest absolute Gasteiger partial charge is 0.492 e. The third-order valence-corrected chi connectivity index (χ3v) is 3.27. The number of hydrogen-bond acceptors (Lipinski definition) is 5. The Morgan fingerprint density at radius 2 is 2.04 bits per heavy atom. The summed E-state index contributed by atoms with van der Waals surface area (Å²) in [6, 6.07) is 9.86. The molecule has 1 N–H and O–H groups in total. The molecular formula is C17H17ClN2O4. The van der Waals surface area contributed by atoms with Gasteiger partial charge in [-0.25, -0.2) is 9.78 Å². The van der Waals surface area contributed by atoms with Crippen LogP contribution in [0, 0.1) is 0 Å². The normalized spacial score (nSPS) is 11.5. The van der Waals surface area contributed by atoms with Crippen molar-refractivity contribution in [3.63, 3.8) is 0 Å². The number of anilines is 1. The number of aromatic nitrogens is 1. The van der Waals surface area contributed by atoms with E-state index in [1.165, 1.54) is 25.3 Å². The molecule has 1 heterocycles. The van der Waals surface area contributed by atoms with Gasteiger partial charge in [0, 0.05) is 6.20 Å². The number of amides is 1. The van der Waals surface area contributed by atoms with Gasteiger partial charge in [-0.15, -0.1) is 0 Å². The smallest absolute Gasteiger partial charge is 0.339 e. The van der Waals surface area contributed by atoms with E-state index in [2.05, 4.69) is 10.3 Å². The summed E-state index contributed by atoms with van der Waals surface area (Å²) in [4.78, 5) is 28.0. The Kier molecular flexibility index (Phi) is 6.14. The van der Waals surface area contributed by atoms with Gasteiger partial charge in [0.2, 0.25) is 0 Å². The number of pyridine rings is 1. The summed E-state index contributed by atoms with van der Waals surface area (Å²) in [5.74, 6) is -0.566. The molecule has 2 rings (SSSR count). The summed E-state index contributed by atoms with van der Waals surface area (Å²) in [6.07, 6.45) is 0.404. The lowest BCUT2D eigenvalue weighted by molar-refractivity contribution is -0.123. The second kappa shape index (κ2) is 8.31. The van der Waals surface area contributed by atoms with Gasteiger partial charge in [-0.2, -0.15) is 0 Å². The third-order valence-electron chi connectivity index (χ3n) is 3.06. The molecule has 0 spiro atoms. The number of esters is 1. The van der Waals surface area contributed by atoms with Crippen LogP contribution in [0.4, 0.5) is 5.69 Å². The van der Waals surface area contributed by atoms with Gasteiger partial charge in [0.15, 0.2) is 6.10 Å². The van der Waals surface area contributed by atoms with E-state index in [4.69, 9.17) is 21.1 Å². The second-order valence-electron chi connectivity index (χ2n) is 4.83. The first kappa shape index (κ1) is 17.7. The Labute approximate surface area is 144 Å². The highest BCUT2D eigenvalue weighted by atomic mass is 35.5. The summed E-state index contributed by atoms with van der Waals surface area (Å²) in [5, 5.41) is 2.86. The summed E-state index contributed by atoms with van der Waals surface area (Å²) < 4.78 is 10.6. The topological polar surface area (TPSA) is 77.5 Å². The minimum Gasteiger partial charge on any atom is -0.492 e. The Morgan fingerprint density at radius 1 is 1.29 bits per heavy atom. The highest BCUT2D eigenvalue weighted by molar-refractivity contribution is 6.29. The molecule has 24 heavy (non-hydrogen) atoms. The van der Waals surface area contributed by atoms with Crippen molar-refractivity contribution < 1.29 is 19.1 Å². The molecule has 1 aromatic carbocycles. The van der Waals surface area contributed by atoms with Crippen molar-refractivity contribution in [3.05, 3.63) is 53.3 Å². The molecule has 0 radical (unpaired) electrons. The first-order valence-electron chi connectivity index (χ1n) is 7.36. The summed E-state index contributed by atoms with van der Waals surface area (Å²) in [6.45, 7) is 3.81. The number of halogens is 1. The minimum atomic E-state index is -0.987. The minimum absolute atomic E-state index is 0.173. The summed E-state index contributed by atoms with van der Waals surface area (Å²) in [7, 11) is 0. The molecule has 1 unspecified atom stereocenters. The maximum Gasteiger partial charge on any atom is 0.339 e. The molecule has 7 heteroatoms. The van der Waals surface area contributed by atoms with Crippen LogP contribution in [0.25, 0.3) is 0 Å². The molecule has 1 aromatic heterocycles. The van der Waals surface area contributed by atoms with Gasteiger partial charge in [-0.05, 0) is 38.1 Å². The second-order valence-corrected chi connectivity index (χ2v) is 5.22. The van der Waals surface area contributed by atoms with E-state index in [1.54, 1.807) is 24.3 Å². The SMILES string of the molecule is CCOc1ccccc1NC(=O)C(C)OC(=O)c1ccnc(Cl)c1. The number of ether oxygens (including phenoxy) is 2. The molecule has 1 amide bonds. The van der Waals surface area contributed by atoms with E-state index >= 15 is 0 Å². The lowest BCUT2D eigenvalue weighted by atomic mass is 10.2. The van der Waals surface area contributed by atoms with Crippen molar-refractivity contribution >= 4 is 29.2 Å². The van der Waals surface area contributed by atoms with Crippen molar-refractivity contribution in [2.24, 2.45) is 0 Å². The number of nitrogens with zero attached hydrogens (tertiary/aromatic N) is 1. The van der Waals surface area contributed by atoms with E-state index in [1.807, 2.05) is 6.92 Å². The molecule has 1 atom stereocenters. The highest BCUT2D eigenvalue weighted by Gasteiger charge is 2.20. The predicted molar refractivity (Wildman–Crippen MR) is 90.4 cm³/mol. The zero-order chi connectivity index (χ0) is 17.5. The van der Waals surface area contributed by atoms with Gasteiger partial charge in [0.1, 0.15) is 10.9 Å². The van der Waals surface area contributed by atoms with E-state index in [0.29, 0.717) is 18.0 Å². The quantitative estimate of drug-likeness (QED) is 0.640. The molecule has 0 aliphatic carbocycles. The number of nitrogens with one attached hydrogen (secondary N) is 1. The molecule has 2 aromatic rings. The average molecular weight is 349 g/mol. The van der Waals surface area contributed by atoms with Crippen LogP contribution in [-0.4, -0.2) is 29.6 Å². The molecule has 0 bridgehead atoms. The van der Waals surface area contributed by atoms with Gasteiger partial charge >= 0.3 is 5.97 Å². The van der Waals surface area contributed by atoms with Crippen molar-refractivity contribution in [1.29, 1.82) is 0 Å². The van der Waals surface area contributed by atoms with Crippen LogP contribution >= 0.6 is 11.6 Å².